The lowest BCUT2D eigenvalue weighted by Crippen LogP contribution is -2.39. The van der Waals surface area contributed by atoms with Crippen molar-refractivity contribution in [2.45, 2.75) is 43.3 Å². The maximum atomic E-state index is 13.0. The van der Waals surface area contributed by atoms with E-state index < -0.39 is 0 Å². The van der Waals surface area contributed by atoms with Crippen molar-refractivity contribution in [2.75, 3.05) is 13.1 Å². The molecule has 0 atom stereocenters. The van der Waals surface area contributed by atoms with Gasteiger partial charge in [-0.15, -0.1) is 11.8 Å². The maximum absolute atomic E-state index is 13.0. The summed E-state index contributed by atoms with van der Waals surface area (Å²) in [7, 11) is 0. The van der Waals surface area contributed by atoms with Gasteiger partial charge in [-0.2, -0.15) is 0 Å². The van der Waals surface area contributed by atoms with Gasteiger partial charge in [0, 0.05) is 23.2 Å². The predicted octanol–water partition coefficient (Wildman–Crippen LogP) is 5.28. The predicted molar refractivity (Wildman–Crippen MR) is 106 cm³/mol. The fourth-order valence-corrected chi connectivity index (χ4v) is 4.41. The van der Waals surface area contributed by atoms with Crippen LogP contribution in [0, 0.1) is 5.92 Å². The van der Waals surface area contributed by atoms with Crippen molar-refractivity contribution in [1.82, 2.24) is 4.90 Å². The Morgan fingerprint density at radius 1 is 1.04 bits per heavy atom. The van der Waals surface area contributed by atoms with Gasteiger partial charge in [0.25, 0.3) is 5.91 Å². The number of piperidine rings is 1. The lowest BCUT2D eigenvalue weighted by Gasteiger charge is -2.32. The van der Waals surface area contributed by atoms with E-state index in [-0.39, 0.29) is 5.91 Å². The van der Waals surface area contributed by atoms with Crippen molar-refractivity contribution >= 4 is 17.7 Å². The van der Waals surface area contributed by atoms with Gasteiger partial charge in [0.1, 0.15) is 0 Å². The van der Waals surface area contributed by atoms with E-state index in [4.69, 9.17) is 0 Å². The lowest BCUT2D eigenvalue weighted by atomic mass is 9.90. The first-order valence-electron chi connectivity index (χ1n) is 9.22. The Labute approximate surface area is 155 Å². The molecule has 1 aliphatic heterocycles. The Morgan fingerprint density at radius 3 is 2.36 bits per heavy atom. The SMILES string of the molecule is CC(C)Sc1ccccc1C(=O)N1CCC(Cc2ccccc2)CC1. The summed E-state index contributed by atoms with van der Waals surface area (Å²) in [6, 6.07) is 18.7. The molecule has 3 heteroatoms. The number of rotatable bonds is 5. The summed E-state index contributed by atoms with van der Waals surface area (Å²) in [6.07, 6.45) is 3.32. The van der Waals surface area contributed by atoms with Crippen LogP contribution in [0.15, 0.2) is 59.5 Å². The van der Waals surface area contributed by atoms with Crippen molar-refractivity contribution in [2.24, 2.45) is 5.92 Å². The van der Waals surface area contributed by atoms with E-state index in [9.17, 15) is 4.79 Å². The molecule has 2 aromatic rings. The summed E-state index contributed by atoms with van der Waals surface area (Å²) < 4.78 is 0. The zero-order valence-corrected chi connectivity index (χ0v) is 16.0. The number of hydrogen-bond donors (Lipinski definition) is 0. The summed E-state index contributed by atoms with van der Waals surface area (Å²) in [5.74, 6) is 0.883. The number of thioether (sulfide) groups is 1. The van der Waals surface area contributed by atoms with Crippen LogP contribution in [0.3, 0.4) is 0 Å². The molecule has 25 heavy (non-hydrogen) atoms. The van der Waals surface area contributed by atoms with Crippen LogP contribution in [0.4, 0.5) is 0 Å². The monoisotopic (exact) mass is 353 g/mol. The molecule has 1 fully saturated rings. The van der Waals surface area contributed by atoms with Crippen molar-refractivity contribution in [1.29, 1.82) is 0 Å². The fraction of sp³-hybridized carbons (Fsp3) is 0.409. The van der Waals surface area contributed by atoms with Gasteiger partial charge in [-0.1, -0.05) is 56.3 Å². The molecule has 0 aliphatic carbocycles. The van der Waals surface area contributed by atoms with Crippen molar-refractivity contribution in [3.8, 4) is 0 Å². The minimum Gasteiger partial charge on any atom is -0.339 e. The minimum absolute atomic E-state index is 0.196. The molecule has 0 N–H and O–H groups in total. The Kier molecular flexibility index (Phi) is 6.19. The normalized spacial score (nSPS) is 15.6. The van der Waals surface area contributed by atoms with Crippen molar-refractivity contribution in [3.05, 3.63) is 65.7 Å². The number of benzene rings is 2. The maximum Gasteiger partial charge on any atom is 0.254 e. The van der Waals surface area contributed by atoms with E-state index in [1.165, 1.54) is 5.56 Å². The Balaban J connectivity index is 1.60. The molecule has 0 spiro atoms. The Hall–Kier alpha value is -1.74. The standard InChI is InChI=1S/C22H27NOS/c1-17(2)25-21-11-7-6-10-20(21)22(24)23-14-12-19(13-15-23)16-18-8-4-3-5-9-18/h3-11,17,19H,12-16H2,1-2H3. The van der Waals surface area contributed by atoms with Crippen molar-refractivity contribution in [3.63, 3.8) is 0 Å². The number of nitrogens with zero attached hydrogens (tertiary/aromatic N) is 1. The smallest absolute Gasteiger partial charge is 0.254 e. The second-order valence-corrected chi connectivity index (χ2v) is 8.71. The van der Waals surface area contributed by atoms with Crippen LogP contribution in [-0.2, 0) is 6.42 Å². The van der Waals surface area contributed by atoms with Crippen LogP contribution in [0.2, 0.25) is 0 Å². The molecule has 0 radical (unpaired) electrons. The highest BCUT2D eigenvalue weighted by Crippen LogP contribution is 2.29. The molecular formula is C22H27NOS. The van der Waals surface area contributed by atoms with E-state index in [1.807, 2.05) is 23.1 Å². The van der Waals surface area contributed by atoms with Gasteiger partial charge in [-0.05, 0) is 42.9 Å². The molecule has 1 amide bonds. The lowest BCUT2D eigenvalue weighted by molar-refractivity contribution is 0.0687. The Bertz CT molecular complexity index is 690. The summed E-state index contributed by atoms with van der Waals surface area (Å²) in [5.41, 5.74) is 2.27. The third-order valence-electron chi connectivity index (χ3n) is 4.75. The van der Waals surface area contributed by atoms with Crippen molar-refractivity contribution < 1.29 is 4.79 Å². The van der Waals surface area contributed by atoms with Crippen LogP contribution in [0.1, 0.15) is 42.6 Å². The number of likely N-dealkylation sites (tertiary alicyclic amines) is 1. The molecule has 0 aromatic heterocycles. The molecule has 1 aliphatic rings. The second kappa shape index (κ2) is 8.57. The molecule has 132 valence electrons. The van der Waals surface area contributed by atoms with Gasteiger partial charge in [-0.3, -0.25) is 4.79 Å². The van der Waals surface area contributed by atoms with Crippen LogP contribution >= 0.6 is 11.8 Å². The molecule has 2 aromatic carbocycles. The molecule has 3 rings (SSSR count). The molecule has 0 saturated carbocycles. The first kappa shape index (κ1) is 18.1. The molecular weight excluding hydrogens is 326 g/mol. The first-order chi connectivity index (χ1) is 12.1. The molecule has 2 nitrogen and oxygen atoms in total. The second-order valence-electron chi connectivity index (χ2n) is 7.09. The van der Waals surface area contributed by atoms with Gasteiger partial charge >= 0.3 is 0 Å². The molecule has 1 heterocycles. The van der Waals surface area contributed by atoms with E-state index in [2.05, 4.69) is 50.2 Å². The van der Waals surface area contributed by atoms with Crippen LogP contribution in [-0.4, -0.2) is 29.1 Å². The zero-order chi connectivity index (χ0) is 17.6. The fourth-order valence-electron chi connectivity index (χ4n) is 3.46. The first-order valence-corrected chi connectivity index (χ1v) is 10.1. The largest absolute Gasteiger partial charge is 0.339 e. The number of carbonyl (C=O) groups excluding carboxylic acids is 1. The van der Waals surface area contributed by atoms with Gasteiger partial charge in [0.15, 0.2) is 0 Å². The van der Waals surface area contributed by atoms with E-state index >= 15 is 0 Å². The summed E-state index contributed by atoms with van der Waals surface area (Å²) in [5, 5.41) is 0.477. The highest BCUT2D eigenvalue weighted by atomic mass is 32.2. The topological polar surface area (TPSA) is 20.3 Å². The van der Waals surface area contributed by atoms with Gasteiger partial charge in [0.2, 0.25) is 0 Å². The van der Waals surface area contributed by atoms with Crippen LogP contribution in [0.25, 0.3) is 0 Å². The number of amides is 1. The molecule has 0 bridgehead atoms. The van der Waals surface area contributed by atoms with E-state index in [1.54, 1.807) is 11.8 Å². The van der Waals surface area contributed by atoms with E-state index in [0.29, 0.717) is 11.2 Å². The summed E-state index contributed by atoms with van der Waals surface area (Å²) in [6.45, 7) is 6.08. The quantitative estimate of drug-likeness (QED) is 0.681. The zero-order valence-electron chi connectivity index (χ0n) is 15.2. The van der Waals surface area contributed by atoms with Gasteiger partial charge in [-0.25, -0.2) is 0 Å². The Morgan fingerprint density at radius 2 is 1.68 bits per heavy atom. The number of carbonyl (C=O) groups is 1. The third-order valence-corrected chi connectivity index (χ3v) is 5.83. The average molecular weight is 354 g/mol. The minimum atomic E-state index is 0.196. The van der Waals surface area contributed by atoms with Crippen LogP contribution < -0.4 is 0 Å². The van der Waals surface area contributed by atoms with Gasteiger partial charge in [0.05, 0.1) is 5.56 Å². The highest BCUT2D eigenvalue weighted by Gasteiger charge is 2.25. The third kappa shape index (κ3) is 4.88. The summed E-state index contributed by atoms with van der Waals surface area (Å²) >= 11 is 1.77. The van der Waals surface area contributed by atoms with Gasteiger partial charge < -0.3 is 4.90 Å². The highest BCUT2D eigenvalue weighted by molar-refractivity contribution is 8.00. The summed E-state index contributed by atoms with van der Waals surface area (Å²) in [4.78, 5) is 16.1. The average Bonchev–Trinajstić information content (AvgIpc) is 2.63. The van der Waals surface area contributed by atoms with E-state index in [0.717, 1.165) is 42.8 Å². The van der Waals surface area contributed by atoms with Crippen LogP contribution in [0.5, 0.6) is 0 Å². The molecule has 1 saturated heterocycles. The molecule has 0 unspecified atom stereocenters. The number of hydrogen-bond acceptors (Lipinski definition) is 2.